The molecule has 2 amide bonds. The second kappa shape index (κ2) is 6.91. The molecule has 6 nitrogen and oxygen atoms in total. The molecule has 3 N–H and O–H groups in total. The number of amides is 2. The van der Waals surface area contributed by atoms with Crippen LogP contribution in [0.1, 0.15) is 53.9 Å². The minimum Gasteiger partial charge on any atom is -0.480 e. The van der Waals surface area contributed by atoms with E-state index in [4.69, 9.17) is 0 Å². The Morgan fingerprint density at radius 3 is 2.64 bits per heavy atom. The van der Waals surface area contributed by atoms with Gasteiger partial charge in [0, 0.05) is 11.8 Å². The van der Waals surface area contributed by atoms with Crippen molar-refractivity contribution in [1.82, 2.24) is 5.32 Å². The van der Waals surface area contributed by atoms with Gasteiger partial charge in [0.25, 0.3) is 5.91 Å². The van der Waals surface area contributed by atoms with E-state index in [0.29, 0.717) is 23.4 Å². The average Bonchev–Trinajstić information content (AvgIpc) is 2.97. The fraction of sp³-hybridized carbons (Fsp3) is 0.533. The lowest BCUT2D eigenvalue weighted by Gasteiger charge is -2.14. The molecule has 0 fully saturated rings. The van der Waals surface area contributed by atoms with E-state index in [1.807, 2.05) is 6.92 Å². The van der Waals surface area contributed by atoms with Gasteiger partial charge in [0.2, 0.25) is 5.91 Å². The summed E-state index contributed by atoms with van der Waals surface area (Å²) in [6, 6.07) is -0.903. The highest BCUT2D eigenvalue weighted by Crippen LogP contribution is 2.39. The predicted octanol–water partition coefficient (Wildman–Crippen LogP) is 2.18. The van der Waals surface area contributed by atoms with Crippen molar-refractivity contribution in [3.8, 4) is 0 Å². The van der Waals surface area contributed by atoms with Crippen LogP contribution in [-0.2, 0) is 22.4 Å². The Hall–Kier alpha value is -1.89. The average molecular weight is 324 g/mol. The van der Waals surface area contributed by atoms with Gasteiger partial charge >= 0.3 is 5.97 Å². The summed E-state index contributed by atoms with van der Waals surface area (Å²) in [4.78, 5) is 36.2. The first-order chi connectivity index (χ1) is 10.4. The van der Waals surface area contributed by atoms with Gasteiger partial charge in [-0.15, -0.1) is 11.3 Å². The highest BCUT2D eigenvalue weighted by molar-refractivity contribution is 7.17. The molecule has 0 bridgehead atoms. The van der Waals surface area contributed by atoms with Gasteiger partial charge in [0.15, 0.2) is 0 Å². The number of carboxylic acid groups (broad SMARTS) is 1. The topological polar surface area (TPSA) is 95.5 Å². The molecule has 0 saturated carbocycles. The van der Waals surface area contributed by atoms with E-state index < -0.39 is 17.9 Å². The summed E-state index contributed by atoms with van der Waals surface area (Å²) in [7, 11) is 0. The molecule has 7 heteroatoms. The second-order valence-corrected chi connectivity index (χ2v) is 6.50. The molecule has 0 saturated heterocycles. The number of aliphatic carboxylic acids is 1. The zero-order valence-electron chi connectivity index (χ0n) is 12.7. The fourth-order valence-corrected chi connectivity index (χ4v) is 4.00. The number of nitrogens with one attached hydrogen (secondary N) is 2. The molecule has 1 atom stereocenters. The second-order valence-electron chi connectivity index (χ2n) is 5.40. The Balaban J connectivity index is 2.28. The third kappa shape index (κ3) is 3.47. The standard InChI is InChI=1S/C15H20N2O4S/c1-3-5-10(15(20)21)17-13(19)12-9-6-4-7-11(9)22-14(12)16-8(2)18/h10H,3-7H2,1-2H3,(H,16,18)(H,17,19)(H,20,21). The number of fused-ring (bicyclic) bond motifs is 1. The number of thiophene rings is 1. The lowest BCUT2D eigenvalue weighted by molar-refractivity contribution is -0.139. The van der Waals surface area contributed by atoms with Crippen LogP contribution in [0.3, 0.4) is 0 Å². The van der Waals surface area contributed by atoms with Crippen molar-refractivity contribution in [2.75, 3.05) is 5.32 Å². The van der Waals surface area contributed by atoms with Gasteiger partial charge in [-0.1, -0.05) is 13.3 Å². The normalized spacial score (nSPS) is 14.3. The SMILES string of the molecule is CCCC(NC(=O)c1c(NC(C)=O)sc2c1CCC2)C(=O)O. The molecule has 0 aliphatic heterocycles. The molecule has 22 heavy (non-hydrogen) atoms. The first-order valence-electron chi connectivity index (χ1n) is 7.39. The van der Waals surface area contributed by atoms with Gasteiger partial charge < -0.3 is 15.7 Å². The van der Waals surface area contributed by atoms with Crippen LogP contribution in [0.25, 0.3) is 0 Å². The molecular formula is C15H20N2O4S. The Morgan fingerprint density at radius 2 is 2.05 bits per heavy atom. The minimum atomic E-state index is -1.04. The smallest absolute Gasteiger partial charge is 0.326 e. The number of carbonyl (C=O) groups excluding carboxylic acids is 2. The Labute approximate surface area is 132 Å². The van der Waals surface area contributed by atoms with Crippen LogP contribution in [0.2, 0.25) is 0 Å². The monoisotopic (exact) mass is 324 g/mol. The highest BCUT2D eigenvalue weighted by atomic mass is 32.1. The molecule has 0 radical (unpaired) electrons. The summed E-state index contributed by atoms with van der Waals surface area (Å²) in [5.74, 6) is -1.69. The van der Waals surface area contributed by atoms with Crippen LogP contribution >= 0.6 is 11.3 Å². The van der Waals surface area contributed by atoms with E-state index >= 15 is 0 Å². The van der Waals surface area contributed by atoms with Crippen LogP contribution in [0.15, 0.2) is 0 Å². The first kappa shape index (κ1) is 16.5. The van der Waals surface area contributed by atoms with Crippen LogP contribution < -0.4 is 10.6 Å². The van der Waals surface area contributed by atoms with Crippen LogP contribution in [0, 0.1) is 0 Å². The Bertz CT molecular complexity index is 609. The maximum Gasteiger partial charge on any atom is 0.326 e. The van der Waals surface area contributed by atoms with Crippen molar-refractivity contribution < 1.29 is 19.5 Å². The fourth-order valence-electron chi connectivity index (χ4n) is 2.67. The van der Waals surface area contributed by atoms with E-state index in [2.05, 4.69) is 10.6 Å². The molecule has 1 aliphatic carbocycles. The lowest BCUT2D eigenvalue weighted by Crippen LogP contribution is -2.41. The van der Waals surface area contributed by atoms with E-state index in [-0.39, 0.29) is 5.91 Å². The van der Waals surface area contributed by atoms with E-state index in [1.54, 1.807) is 0 Å². The molecule has 1 heterocycles. The van der Waals surface area contributed by atoms with Crippen LogP contribution in [0.4, 0.5) is 5.00 Å². The summed E-state index contributed by atoms with van der Waals surface area (Å²) in [5.41, 5.74) is 1.39. The largest absolute Gasteiger partial charge is 0.480 e. The summed E-state index contributed by atoms with van der Waals surface area (Å²) in [6.45, 7) is 3.26. The zero-order chi connectivity index (χ0) is 16.3. The Morgan fingerprint density at radius 1 is 1.32 bits per heavy atom. The van der Waals surface area contributed by atoms with Crippen molar-refractivity contribution in [2.45, 2.75) is 52.0 Å². The molecule has 0 spiro atoms. The van der Waals surface area contributed by atoms with Gasteiger partial charge in [-0.3, -0.25) is 9.59 Å². The van der Waals surface area contributed by atoms with E-state index in [1.165, 1.54) is 18.3 Å². The first-order valence-corrected chi connectivity index (χ1v) is 8.21. The van der Waals surface area contributed by atoms with Gasteiger partial charge in [-0.25, -0.2) is 4.79 Å². The van der Waals surface area contributed by atoms with Crippen molar-refractivity contribution in [3.63, 3.8) is 0 Å². The van der Waals surface area contributed by atoms with E-state index in [9.17, 15) is 19.5 Å². The Kier molecular flexibility index (Phi) is 5.18. The number of hydrogen-bond acceptors (Lipinski definition) is 4. The summed E-state index contributed by atoms with van der Waals surface area (Å²) in [6.07, 6.45) is 3.72. The van der Waals surface area contributed by atoms with Crippen LogP contribution in [-0.4, -0.2) is 28.9 Å². The summed E-state index contributed by atoms with van der Waals surface area (Å²) >= 11 is 1.41. The number of anilines is 1. The maximum atomic E-state index is 12.5. The number of aryl methyl sites for hydroxylation is 1. The molecule has 0 aromatic carbocycles. The third-order valence-corrected chi connectivity index (χ3v) is 4.83. The van der Waals surface area contributed by atoms with E-state index in [0.717, 1.165) is 29.7 Å². The van der Waals surface area contributed by atoms with Gasteiger partial charge in [0.1, 0.15) is 11.0 Å². The molecule has 1 aromatic rings. The molecule has 120 valence electrons. The van der Waals surface area contributed by atoms with Crippen molar-refractivity contribution in [1.29, 1.82) is 0 Å². The van der Waals surface area contributed by atoms with Gasteiger partial charge in [-0.2, -0.15) is 0 Å². The zero-order valence-corrected chi connectivity index (χ0v) is 13.5. The molecule has 1 aliphatic rings. The number of hydrogen-bond donors (Lipinski definition) is 3. The van der Waals surface area contributed by atoms with Crippen LogP contribution in [0.5, 0.6) is 0 Å². The third-order valence-electron chi connectivity index (χ3n) is 3.62. The minimum absolute atomic E-state index is 0.239. The quantitative estimate of drug-likeness (QED) is 0.747. The molecular weight excluding hydrogens is 304 g/mol. The summed E-state index contributed by atoms with van der Waals surface area (Å²) in [5, 5.41) is 15.0. The maximum absolute atomic E-state index is 12.5. The molecule has 2 rings (SSSR count). The van der Waals surface area contributed by atoms with Gasteiger partial charge in [0.05, 0.1) is 5.56 Å². The summed E-state index contributed by atoms with van der Waals surface area (Å²) < 4.78 is 0. The van der Waals surface area contributed by atoms with Crippen molar-refractivity contribution in [2.24, 2.45) is 0 Å². The number of carbonyl (C=O) groups is 3. The number of carboxylic acids is 1. The van der Waals surface area contributed by atoms with Gasteiger partial charge in [-0.05, 0) is 31.2 Å². The van der Waals surface area contributed by atoms with Crippen molar-refractivity contribution in [3.05, 3.63) is 16.0 Å². The van der Waals surface area contributed by atoms with Crippen molar-refractivity contribution >= 4 is 34.1 Å². The predicted molar refractivity (Wildman–Crippen MR) is 84.4 cm³/mol. The highest BCUT2D eigenvalue weighted by Gasteiger charge is 2.29. The lowest BCUT2D eigenvalue weighted by atomic mass is 10.1. The molecule has 1 aromatic heterocycles. The molecule has 1 unspecified atom stereocenters. The number of rotatable bonds is 6.